The normalized spacial score (nSPS) is 12.5. The molecule has 1 aromatic carbocycles. The molecule has 0 saturated carbocycles. The maximum atomic E-state index is 13.6. The maximum Gasteiger partial charge on any atom is 0.240 e. The van der Waals surface area contributed by atoms with Crippen LogP contribution in [0.1, 0.15) is 23.6 Å². The predicted octanol–water partition coefficient (Wildman–Crippen LogP) is 3.17. The van der Waals surface area contributed by atoms with E-state index in [0.29, 0.717) is 22.8 Å². The molecule has 0 N–H and O–H groups in total. The Hall–Kier alpha value is -2.22. The third-order valence-electron chi connectivity index (χ3n) is 3.17. The second kappa shape index (κ2) is 5.88. The van der Waals surface area contributed by atoms with Crippen LogP contribution in [-0.4, -0.2) is 24.9 Å². The molecule has 1 unspecified atom stereocenters. The van der Waals surface area contributed by atoms with Gasteiger partial charge >= 0.3 is 0 Å². The van der Waals surface area contributed by atoms with Crippen molar-refractivity contribution in [2.45, 2.75) is 24.3 Å². The Kier molecular flexibility index (Phi) is 3.93. The molecule has 0 bridgehead atoms. The van der Waals surface area contributed by atoms with Crippen molar-refractivity contribution < 1.29 is 8.91 Å². The molecule has 8 heteroatoms. The van der Waals surface area contributed by atoms with Gasteiger partial charge in [-0.05, 0) is 25.5 Å². The van der Waals surface area contributed by atoms with Crippen molar-refractivity contribution >= 4 is 11.8 Å². The molecule has 6 nitrogen and oxygen atoms in total. The van der Waals surface area contributed by atoms with Crippen molar-refractivity contribution in [1.82, 2.24) is 24.9 Å². The van der Waals surface area contributed by atoms with Gasteiger partial charge in [-0.2, -0.15) is 4.98 Å². The summed E-state index contributed by atoms with van der Waals surface area (Å²) in [4.78, 5) is 4.34. The van der Waals surface area contributed by atoms with Gasteiger partial charge in [-0.3, -0.25) is 0 Å². The monoisotopic (exact) mass is 319 g/mol. The van der Waals surface area contributed by atoms with Crippen molar-refractivity contribution in [3.63, 3.8) is 0 Å². The van der Waals surface area contributed by atoms with E-state index in [0.717, 1.165) is 5.16 Å². The number of hydrogen-bond acceptors (Lipinski definition) is 6. The molecule has 1 atom stereocenters. The molecule has 2 aromatic heterocycles. The average molecular weight is 319 g/mol. The lowest BCUT2D eigenvalue weighted by molar-refractivity contribution is 0.380. The molecule has 22 heavy (non-hydrogen) atoms. The quantitative estimate of drug-likeness (QED) is 0.688. The molecule has 0 aliphatic heterocycles. The van der Waals surface area contributed by atoms with E-state index in [1.54, 1.807) is 25.4 Å². The zero-order chi connectivity index (χ0) is 15.7. The van der Waals surface area contributed by atoms with Gasteiger partial charge in [-0.25, -0.2) is 4.39 Å². The molecular weight excluding hydrogens is 305 g/mol. The lowest BCUT2D eigenvalue weighted by atomic mass is 10.1. The summed E-state index contributed by atoms with van der Waals surface area (Å²) in [6, 6.07) is 4.87. The lowest BCUT2D eigenvalue weighted by Crippen LogP contribution is -1.94. The third-order valence-corrected chi connectivity index (χ3v) is 4.31. The lowest BCUT2D eigenvalue weighted by Gasteiger charge is -2.04. The summed E-state index contributed by atoms with van der Waals surface area (Å²) in [5.74, 6) is 0.550. The highest BCUT2D eigenvalue weighted by atomic mass is 32.2. The van der Waals surface area contributed by atoms with Gasteiger partial charge in [0.05, 0.1) is 5.25 Å². The Labute approximate surface area is 130 Å². The predicted molar refractivity (Wildman–Crippen MR) is 79.7 cm³/mol. The van der Waals surface area contributed by atoms with Gasteiger partial charge in [0.15, 0.2) is 5.16 Å². The summed E-state index contributed by atoms with van der Waals surface area (Å²) in [7, 11) is 1.86. The Balaban J connectivity index is 1.81. The minimum Gasteiger partial charge on any atom is -0.338 e. The summed E-state index contributed by atoms with van der Waals surface area (Å²) in [5, 5.41) is 12.4. The standard InChI is InChI=1S/C14H14FN5OS/c1-8-4-5-10(6-11(8)15)12-17-13(21-19-12)9(2)22-14-18-16-7-20(14)3/h4-7,9H,1-3H3. The molecule has 0 fully saturated rings. The zero-order valence-electron chi connectivity index (χ0n) is 12.3. The molecule has 3 rings (SSSR count). The zero-order valence-corrected chi connectivity index (χ0v) is 13.1. The van der Waals surface area contributed by atoms with Crippen LogP contribution >= 0.6 is 11.8 Å². The molecule has 0 spiro atoms. The number of rotatable bonds is 4. The SMILES string of the molecule is Cc1ccc(-c2noc(C(C)Sc3nncn3C)n2)cc1F. The summed E-state index contributed by atoms with van der Waals surface area (Å²) in [6.45, 7) is 3.65. The van der Waals surface area contributed by atoms with E-state index in [-0.39, 0.29) is 11.1 Å². The van der Waals surface area contributed by atoms with Crippen LogP contribution in [0.15, 0.2) is 34.2 Å². The van der Waals surface area contributed by atoms with Gasteiger partial charge in [-0.15, -0.1) is 10.2 Å². The Bertz CT molecular complexity index is 800. The van der Waals surface area contributed by atoms with Crippen molar-refractivity contribution in [1.29, 1.82) is 0 Å². The van der Waals surface area contributed by atoms with E-state index in [1.807, 2.05) is 18.5 Å². The first-order valence-corrected chi connectivity index (χ1v) is 7.53. The average Bonchev–Trinajstić information content (AvgIpc) is 3.12. The molecule has 0 radical (unpaired) electrons. The fraction of sp³-hybridized carbons (Fsp3) is 0.286. The summed E-state index contributed by atoms with van der Waals surface area (Å²) in [5.41, 5.74) is 1.17. The van der Waals surface area contributed by atoms with Crippen LogP contribution in [0.5, 0.6) is 0 Å². The molecule has 114 valence electrons. The van der Waals surface area contributed by atoms with Gasteiger partial charge in [0.1, 0.15) is 12.1 Å². The molecule has 3 aromatic rings. The highest BCUT2D eigenvalue weighted by Gasteiger charge is 2.19. The minimum absolute atomic E-state index is 0.0838. The minimum atomic E-state index is -0.287. The second-order valence-electron chi connectivity index (χ2n) is 4.90. The van der Waals surface area contributed by atoms with Crippen LogP contribution in [0.2, 0.25) is 0 Å². The molecular formula is C14H14FN5OS. The van der Waals surface area contributed by atoms with Gasteiger partial charge in [0, 0.05) is 12.6 Å². The Morgan fingerprint density at radius 2 is 2.18 bits per heavy atom. The Morgan fingerprint density at radius 3 is 2.86 bits per heavy atom. The molecule has 0 saturated heterocycles. The van der Waals surface area contributed by atoms with Gasteiger partial charge in [-0.1, -0.05) is 29.1 Å². The number of nitrogens with zero attached hydrogens (tertiary/aromatic N) is 5. The van der Waals surface area contributed by atoms with Crippen molar-refractivity contribution in [2.75, 3.05) is 0 Å². The van der Waals surface area contributed by atoms with Gasteiger partial charge in [0.2, 0.25) is 11.7 Å². The van der Waals surface area contributed by atoms with E-state index < -0.39 is 0 Å². The summed E-state index contributed by atoms with van der Waals surface area (Å²) in [6.07, 6.45) is 1.63. The van der Waals surface area contributed by atoms with Gasteiger partial charge < -0.3 is 9.09 Å². The topological polar surface area (TPSA) is 69.6 Å². The van der Waals surface area contributed by atoms with Gasteiger partial charge in [0.25, 0.3) is 0 Å². The second-order valence-corrected chi connectivity index (χ2v) is 6.21. The van der Waals surface area contributed by atoms with Crippen LogP contribution in [0, 0.1) is 12.7 Å². The van der Waals surface area contributed by atoms with Crippen LogP contribution in [0.25, 0.3) is 11.4 Å². The first-order valence-electron chi connectivity index (χ1n) is 6.65. The number of aryl methyl sites for hydroxylation is 2. The van der Waals surface area contributed by atoms with Crippen molar-refractivity contribution in [3.8, 4) is 11.4 Å². The number of hydrogen-bond donors (Lipinski definition) is 0. The van der Waals surface area contributed by atoms with Crippen molar-refractivity contribution in [2.24, 2.45) is 7.05 Å². The molecule has 0 aliphatic carbocycles. The largest absolute Gasteiger partial charge is 0.338 e. The first-order chi connectivity index (χ1) is 10.5. The van der Waals surface area contributed by atoms with Crippen LogP contribution in [0.4, 0.5) is 4.39 Å². The fourth-order valence-corrected chi connectivity index (χ4v) is 2.66. The van der Waals surface area contributed by atoms with Crippen molar-refractivity contribution in [3.05, 3.63) is 41.8 Å². The highest BCUT2D eigenvalue weighted by Crippen LogP contribution is 2.33. The van der Waals surface area contributed by atoms with Crippen LogP contribution in [0.3, 0.4) is 0 Å². The van der Waals surface area contributed by atoms with Crippen LogP contribution in [-0.2, 0) is 7.05 Å². The maximum absolute atomic E-state index is 13.6. The number of aromatic nitrogens is 5. The van der Waals surface area contributed by atoms with E-state index in [9.17, 15) is 4.39 Å². The van der Waals surface area contributed by atoms with E-state index in [4.69, 9.17) is 4.52 Å². The number of benzene rings is 1. The first kappa shape index (κ1) is 14.7. The molecule has 0 aliphatic rings. The third kappa shape index (κ3) is 2.87. The van der Waals surface area contributed by atoms with E-state index in [1.165, 1.54) is 17.8 Å². The number of thioether (sulfide) groups is 1. The highest BCUT2D eigenvalue weighted by molar-refractivity contribution is 7.99. The number of halogens is 1. The van der Waals surface area contributed by atoms with E-state index >= 15 is 0 Å². The summed E-state index contributed by atoms with van der Waals surface area (Å²) < 4.78 is 20.7. The fourth-order valence-electron chi connectivity index (χ4n) is 1.84. The summed E-state index contributed by atoms with van der Waals surface area (Å²) >= 11 is 1.46. The van der Waals surface area contributed by atoms with E-state index in [2.05, 4.69) is 20.3 Å². The van der Waals surface area contributed by atoms with Crippen LogP contribution < -0.4 is 0 Å². The molecule has 0 amide bonds. The molecule has 2 heterocycles. The smallest absolute Gasteiger partial charge is 0.240 e. The Morgan fingerprint density at radius 1 is 1.36 bits per heavy atom.